The van der Waals surface area contributed by atoms with Crippen molar-refractivity contribution in [2.45, 2.75) is 20.0 Å². The number of benzene rings is 1. The monoisotopic (exact) mass is 272 g/mol. The average molecular weight is 272 g/mol. The van der Waals surface area contributed by atoms with Crippen LogP contribution in [0, 0.1) is 6.92 Å². The van der Waals surface area contributed by atoms with Gasteiger partial charge in [-0.25, -0.2) is 0 Å². The number of carbonyl (C=O) groups is 1. The molecule has 106 valence electrons. The summed E-state index contributed by atoms with van der Waals surface area (Å²) in [4.78, 5) is 14.0. The molecule has 1 heterocycles. The molecule has 1 N–H and O–H groups in total. The fourth-order valence-corrected chi connectivity index (χ4v) is 1.95. The smallest absolute Gasteiger partial charge is 0.287 e. The lowest BCUT2D eigenvalue weighted by Crippen LogP contribution is -2.22. The third-order valence-corrected chi connectivity index (χ3v) is 2.94. The Kier molecular flexibility index (Phi) is 4.58. The maximum atomic E-state index is 11.8. The first kappa shape index (κ1) is 14.3. The summed E-state index contributed by atoms with van der Waals surface area (Å²) in [7, 11) is 4.08. The molecule has 1 aromatic carbocycles. The van der Waals surface area contributed by atoms with Crippen molar-refractivity contribution in [1.82, 2.24) is 10.2 Å². The van der Waals surface area contributed by atoms with Crippen LogP contribution in [0.3, 0.4) is 0 Å². The molecule has 1 aromatic heterocycles. The van der Waals surface area contributed by atoms with Gasteiger partial charge in [-0.2, -0.15) is 0 Å². The number of amides is 1. The average Bonchev–Trinajstić information content (AvgIpc) is 2.84. The second-order valence-electron chi connectivity index (χ2n) is 5.15. The largest absolute Gasteiger partial charge is 0.456 e. The summed E-state index contributed by atoms with van der Waals surface area (Å²) < 4.78 is 5.28. The molecular weight excluding hydrogens is 252 g/mol. The summed E-state index contributed by atoms with van der Waals surface area (Å²) in [6, 6.07) is 11.7. The summed E-state index contributed by atoms with van der Waals surface area (Å²) in [5.41, 5.74) is 2.33. The Bertz CT molecular complexity index is 570. The van der Waals surface area contributed by atoms with Gasteiger partial charge in [0.15, 0.2) is 5.76 Å². The van der Waals surface area contributed by atoms with Crippen LogP contribution < -0.4 is 5.32 Å². The van der Waals surface area contributed by atoms with Crippen molar-refractivity contribution in [2.75, 3.05) is 14.1 Å². The number of nitrogens with one attached hydrogen (secondary N) is 1. The summed E-state index contributed by atoms with van der Waals surface area (Å²) in [5.74, 6) is 0.908. The van der Waals surface area contributed by atoms with E-state index in [1.54, 1.807) is 12.1 Å². The van der Waals surface area contributed by atoms with E-state index in [9.17, 15) is 4.79 Å². The minimum Gasteiger partial charge on any atom is -0.456 e. The van der Waals surface area contributed by atoms with E-state index in [1.807, 2.05) is 33.2 Å². The van der Waals surface area contributed by atoms with E-state index in [4.69, 9.17) is 4.42 Å². The minimum atomic E-state index is -0.185. The molecule has 0 saturated heterocycles. The molecule has 0 saturated carbocycles. The lowest BCUT2D eigenvalue weighted by Gasteiger charge is -2.10. The standard InChI is InChI=1S/C16H20N2O2/c1-12-4-9-15(20-12)16(19)17-10-13-5-7-14(8-6-13)11-18(2)3/h4-9H,10-11H2,1-3H3,(H,17,19). The molecule has 0 aliphatic heterocycles. The van der Waals surface area contributed by atoms with E-state index in [1.165, 1.54) is 5.56 Å². The highest BCUT2D eigenvalue weighted by molar-refractivity contribution is 5.91. The van der Waals surface area contributed by atoms with Crippen LogP contribution in [0.4, 0.5) is 0 Å². The van der Waals surface area contributed by atoms with Crippen LogP contribution in [-0.2, 0) is 13.1 Å². The highest BCUT2D eigenvalue weighted by atomic mass is 16.3. The van der Waals surface area contributed by atoms with Crippen molar-refractivity contribution in [2.24, 2.45) is 0 Å². The van der Waals surface area contributed by atoms with Crippen molar-refractivity contribution in [3.8, 4) is 0 Å². The van der Waals surface area contributed by atoms with E-state index in [0.29, 0.717) is 12.3 Å². The van der Waals surface area contributed by atoms with E-state index in [0.717, 1.165) is 17.9 Å². The maximum Gasteiger partial charge on any atom is 0.287 e. The van der Waals surface area contributed by atoms with Crippen molar-refractivity contribution < 1.29 is 9.21 Å². The molecule has 2 aromatic rings. The van der Waals surface area contributed by atoms with Crippen LogP contribution >= 0.6 is 0 Å². The first-order chi connectivity index (χ1) is 9.54. The Hall–Kier alpha value is -2.07. The predicted molar refractivity (Wildman–Crippen MR) is 78.4 cm³/mol. The summed E-state index contributed by atoms with van der Waals surface area (Å²) in [5, 5.41) is 2.85. The zero-order valence-corrected chi connectivity index (χ0v) is 12.1. The Morgan fingerprint density at radius 1 is 1.10 bits per heavy atom. The molecular formula is C16H20N2O2. The number of carbonyl (C=O) groups excluding carboxylic acids is 1. The maximum absolute atomic E-state index is 11.8. The molecule has 1 amide bonds. The molecule has 4 heteroatoms. The van der Waals surface area contributed by atoms with Gasteiger partial charge in [-0.3, -0.25) is 4.79 Å². The molecule has 0 bridgehead atoms. The van der Waals surface area contributed by atoms with Crippen molar-refractivity contribution in [3.05, 3.63) is 59.0 Å². The molecule has 0 atom stereocenters. The summed E-state index contributed by atoms with van der Waals surface area (Å²) in [6.45, 7) is 3.24. The minimum absolute atomic E-state index is 0.185. The molecule has 0 aliphatic carbocycles. The SMILES string of the molecule is Cc1ccc(C(=O)NCc2ccc(CN(C)C)cc2)o1. The van der Waals surface area contributed by atoms with E-state index in [2.05, 4.69) is 22.3 Å². The van der Waals surface area contributed by atoms with Gasteiger partial charge in [0.1, 0.15) is 5.76 Å². The van der Waals surface area contributed by atoms with Crippen LogP contribution in [0.2, 0.25) is 0 Å². The second kappa shape index (κ2) is 6.39. The van der Waals surface area contributed by atoms with Crippen molar-refractivity contribution >= 4 is 5.91 Å². The van der Waals surface area contributed by atoms with Crippen LogP contribution in [0.5, 0.6) is 0 Å². The van der Waals surface area contributed by atoms with Gasteiger partial charge in [0.2, 0.25) is 0 Å². The second-order valence-corrected chi connectivity index (χ2v) is 5.15. The third-order valence-electron chi connectivity index (χ3n) is 2.94. The first-order valence-electron chi connectivity index (χ1n) is 6.62. The number of furan rings is 1. The third kappa shape index (κ3) is 3.96. The molecule has 0 fully saturated rings. The zero-order chi connectivity index (χ0) is 14.5. The van der Waals surface area contributed by atoms with Gasteiger partial charge in [-0.1, -0.05) is 24.3 Å². The van der Waals surface area contributed by atoms with Gasteiger partial charge in [0.25, 0.3) is 5.91 Å². The topological polar surface area (TPSA) is 45.5 Å². The number of aryl methyl sites for hydroxylation is 1. The van der Waals surface area contributed by atoms with Crippen LogP contribution in [-0.4, -0.2) is 24.9 Å². The normalized spacial score (nSPS) is 10.8. The van der Waals surface area contributed by atoms with Gasteiger partial charge >= 0.3 is 0 Å². The van der Waals surface area contributed by atoms with Crippen LogP contribution in [0.15, 0.2) is 40.8 Å². The fourth-order valence-electron chi connectivity index (χ4n) is 1.95. The Labute approximate surface area is 119 Å². The summed E-state index contributed by atoms with van der Waals surface area (Å²) >= 11 is 0. The Morgan fingerprint density at radius 2 is 1.75 bits per heavy atom. The molecule has 0 aliphatic rings. The summed E-state index contributed by atoms with van der Waals surface area (Å²) in [6.07, 6.45) is 0. The Morgan fingerprint density at radius 3 is 2.30 bits per heavy atom. The van der Waals surface area contributed by atoms with Crippen LogP contribution in [0.1, 0.15) is 27.4 Å². The number of hydrogen-bond acceptors (Lipinski definition) is 3. The molecule has 20 heavy (non-hydrogen) atoms. The first-order valence-corrected chi connectivity index (χ1v) is 6.62. The van der Waals surface area contributed by atoms with Crippen molar-refractivity contribution in [3.63, 3.8) is 0 Å². The van der Waals surface area contributed by atoms with Crippen molar-refractivity contribution in [1.29, 1.82) is 0 Å². The molecule has 0 radical (unpaired) electrons. The van der Waals surface area contributed by atoms with E-state index >= 15 is 0 Å². The van der Waals surface area contributed by atoms with E-state index in [-0.39, 0.29) is 5.91 Å². The fraction of sp³-hybridized carbons (Fsp3) is 0.312. The number of nitrogens with zero attached hydrogens (tertiary/aromatic N) is 1. The van der Waals surface area contributed by atoms with Gasteiger partial charge in [-0.05, 0) is 44.3 Å². The van der Waals surface area contributed by atoms with Gasteiger partial charge in [-0.15, -0.1) is 0 Å². The predicted octanol–water partition coefficient (Wildman–Crippen LogP) is 2.58. The lowest BCUT2D eigenvalue weighted by molar-refractivity contribution is 0.0922. The number of rotatable bonds is 5. The molecule has 2 rings (SSSR count). The van der Waals surface area contributed by atoms with Gasteiger partial charge in [0.05, 0.1) is 0 Å². The van der Waals surface area contributed by atoms with Gasteiger partial charge < -0.3 is 14.6 Å². The number of hydrogen-bond donors (Lipinski definition) is 1. The Balaban J connectivity index is 1.89. The lowest BCUT2D eigenvalue weighted by atomic mass is 10.1. The highest BCUT2D eigenvalue weighted by Gasteiger charge is 2.09. The molecule has 4 nitrogen and oxygen atoms in total. The zero-order valence-electron chi connectivity index (χ0n) is 12.1. The van der Waals surface area contributed by atoms with E-state index < -0.39 is 0 Å². The van der Waals surface area contributed by atoms with Gasteiger partial charge in [0, 0.05) is 13.1 Å². The van der Waals surface area contributed by atoms with Crippen LogP contribution in [0.25, 0.3) is 0 Å². The quantitative estimate of drug-likeness (QED) is 0.910. The molecule has 0 spiro atoms. The molecule has 0 unspecified atom stereocenters. The highest BCUT2D eigenvalue weighted by Crippen LogP contribution is 2.08.